The molecule has 0 fully saturated rings. The van der Waals surface area contributed by atoms with Crippen LogP contribution in [0.3, 0.4) is 0 Å². The van der Waals surface area contributed by atoms with E-state index in [-0.39, 0.29) is 39.6 Å². The number of oxazole rings is 1. The monoisotopic (exact) mass is 592 g/mol. The Morgan fingerprint density at radius 1 is 1.10 bits per heavy atom. The molecule has 0 aliphatic rings. The number of hydrogen-bond acceptors (Lipinski definition) is 7. The van der Waals surface area contributed by atoms with Gasteiger partial charge in [0.15, 0.2) is 0 Å². The SMILES string of the molecule is CCc1nc(-c2cc(-c3cc4c(C(=O)NC)c(-c5ccc(F)cc5)oc4cc3N(C)S(C)(=O)=O)cn(C)c2=O)oc1C. The van der Waals surface area contributed by atoms with Crippen LogP contribution in [0.2, 0.25) is 0 Å². The van der Waals surface area contributed by atoms with Gasteiger partial charge in [0.1, 0.15) is 28.5 Å². The number of nitrogens with one attached hydrogen (secondary N) is 1. The minimum Gasteiger partial charge on any atom is -0.455 e. The van der Waals surface area contributed by atoms with Crippen molar-refractivity contribution < 1.29 is 26.4 Å². The van der Waals surface area contributed by atoms with E-state index in [2.05, 4.69) is 10.3 Å². The molecule has 218 valence electrons. The molecule has 0 atom stereocenters. The lowest BCUT2D eigenvalue weighted by atomic mass is 9.98. The van der Waals surface area contributed by atoms with Gasteiger partial charge in [0.25, 0.3) is 11.5 Å². The number of rotatable bonds is 7. The van der Waals surface area contributed by atoms with Gasteiger partial charge in [-0.15, -0.1) is 0 Å². The van der Waals surface area contributed by atoms with Crippen LogP contribution in [-0.4, -0.2) is 44.2 Å². The molecule has 5 rings (SSSR count). The van der Waals surface area contributed by atoms with E-state index in [1.807, 2.05) is 6.92 Å². The molecule has 12 heteroatoms. The highest BCUT2D eigenvalue weighted by molar-refractivity contribution is 7.92. The largest absolute Gasteiger partial charge is 0.455 e. The molecular weight excluding hydrogens is 563 g/mol. The Morgan fingerprint density at radius 2 is 1.79 bits per heavy atom. The summed E-state index contributed by atoms with van der Waals surface area (Å²) in [5, 5.41) is 3.01. The number of benzene rings is 2. The van der Waals surface area contributed by atoms with Gasteiger partial charge in [0.05, 0.1) is 23.2 Å². The second kappa shape index (κ2) is 10.6. The number of aromatic nitrogens is 2. The highest BCUT2D eigenvalue weighted by Crippen LogP contribution is 2.41. The van der Waals surface area contributed by atoms with Crippen LogP contribution < -0.4 is 15.2 Å². The number of fused-ring (bicyclic) bond motifs is 1. The fourth-order valence-corrected chi connectivity index (χ4v) is 5.35. The standard InChI is InChI=1S/C30H29FN4O6S/c1-7-23-16(2)40-29(33-23)22-12-18(15-34(4)30(22)37)20-13-21-25(14-24(20)35(5)42(6,38)39)41-27(26(21)28(36)32-3)17-8-10-19(31)11-9-17/h8-15H,7H2,1-6H3,(H,32,36). The van der Waals surface area contributed by atoms with Crippen LogP contribution in [0.25, 0.3) is 44.9 Å². The van der Waals surface area contributed by atoms with E-state index in [4.69, 9.17) is 8.83 Å². The third kappa shape index (κ3) is 4.98. The molecule has 0 spiro atoms. The molecule has 0 saturated carbocycles. The predicted octanol–water partition coefficient (Wildman–Crippen LogP) is 4.89. The van der Waals surface area contributed by atoms with E-state index in [0.29, 0.717) is 34.3 Å². The molecule has 10 nitrogen and oxygen atoms in total. The number of aryl methyl sites for hydroxylation is 3. The van der Waals surface area contributed by atoms with Crippen molar-refractivity contribution in [1.82, 2.24) is 14.9 Å². The Kier molecular flexibility index (Phi) is 7.27. The van der Waals surface area contributed by atoms with Crippen LogP contribution >= 0.6 is 0 Å². The number of nitrogens with zero attached hydrogens (tertiary/aromatic N) is 3. The zero-order valence-corrected chi connectivity index (χ0v) is 24.7. The summed E-state index contributed by atoms with van der Waals surface area (Å²) in [5.74, 6) is 0.0397. The molecule has 0 radical (unpaired) electrons. The number of hydrogen-bond donors (Lipinski definition) is 1. The maximum Gasteiger partial charge on any atom is 0.263 e. The summed E-state index contributed by atoms with van der Waals surface area (Å²) in [6, 6.07) is 10.3. The molecule has 0 saturated heterocycles. The number of carbonyl (C=O) groups is 1. The highest BCUT2D eigenvalue weighted by atomic mass is 32.2. The molecule has 0 bridgehead atoms. The summed E-state index contributed by atoms with van der Waals surface area (Å²) >= 11 is 0. The number of anilines is 1. The van der Waals surface area contributed by atoms with Gasteiger partial charge in [0, 0.05) is 55.5 Å². The van der Waals surface area contributed by atoms with Gasteiger partial charge in [-0.25, -0.2) is 17.8 Å². The molecule has 0 unspecified atom stereocenters. The van der Waals surface area contributed by atoms with Crippen LogP contribution in [0.15, 0.2) is 62.3 Å². The van der Waals surface area contributed by atoms with Gasteiger partial charge < -0.3 is 18.7 Å². The van der Waals surface area contributed by atoms with E-state index in [0.717, 1.165) is 16.3 Å². The first-order valence-electron chi connectivity index (χ1n) is 13.0. The fraction of sp³-hybridized carbons (Fsp3) is 0.233. The lowest BCUT2D eigenvalue weighted by molar-refractivity contribution is 0.0964. The van der Waals surface area contributed by atoms with Crippen molar-refractivity contribution in [2.24, 2.45) is 7.05 Å². The lowest BCUT2D eigenvalue weighted by Gasteiger charge is -2.21. The molecule has 3 aromatic heterocycles. The second-order valence-corrected chi connectivity index (χ2v) is 11.9. The lowest BCUT2D eigenvalue weighted by Crippen LogP contribution is -2.25. The number of halogens is 1. The summed E-state index contributed by atoms with van der Waals surface area (Å²) < 4.78 is 53.5. The first-order valence-corrected chi connectivity index (χ1v) is 14.9. The Bertz CT molecular complexity index is 2020. The Balaban J connectivity index is 1.85. The quantitative estimate of drug-likeness (QED) is 0.285. The van der Waals surface area contributed by atoms with E-state index in [1.165, 1.54) is 49.0 Å². The molecule has 5 aromatic rings. The third-order valence-electron chi connectivity index (χ3n) is 7.16. The maximum absolute atomic E-state index is 13.7. The zero-order valence-electron chi connectivity index (χ0n) is 23.9. The van der Waals surface area contributed by atoms with Crippen molar-refractivity contribution in [3.8, 4) is 33.9 Å². The van der Waals surface area contributed by atoms with Gasteiger partial charge in [0.2, 0.25) is 15.9 Å². The molecule has 1 N–H and O–H groups in total. The first-order chi connectivity index (χ1) is 19.8. The Morgan fingerprint density at radius 3 is 2.38 bits per heavy atom. The summed E-state index contributed by atoms with van der Waals surface area (Å²) in [4.78, 5) is 30.8. The summed E-state index contributed by atoms with van der Waals surface area (Å²) in [6.07, 6.45) is 3.26. The smallest absolute Gasteiger partial charge is 0.263 e. The molecular formula is C30H29FN4O6S. The molecule has 42 heavy (non-hydrogen) atoms. The van der Waals surface area contributed by atoms with Crippen LogP contribution in [0.5, 0.6) is 0 Å². The van der Waals surface area contributed by atoms with Crippen molar-refractivity contribution >= 4 is 32.6 Å². The van der Waals surface area contributed by atoms with E-state index in [1.54, 1.807) is 32.3 Å². The Labute approximate surface area is 241 Å². The highest BCUT2D eigenvalue weighted by Gasteiger charge is 2.27. The number of sulfonamides is 1. The van der Waals surface area contributed by atoms with Gasteiger partial charge in [-0.2, -0.15) is 0 Å². The van der Waals surface area contributed by atoms with Crippen molar-refractivity contribution in [2.45, 2.75) is 20.3 Å². The van der Waals surface area contributed by atoms with E-state index >= 15 is 0 Å². The van der Waals surface area contributed by atoms with Crippen LogP contribution in [0, 0.1) is 12.7 Å². The number of pyridine rings is 1. The van der Waals surface area contributed by atoms with Crippen LogP contribution in [0.1, 0.15) is 28.7 Å². The van der Waals surface area contributed by atoms with Crippen molar-refractivity contribution in [2.75, 3.05) is 24.7 Å². The van der Waals surface area contributed by atoms with Crippen LogP contribution in [-0.2, 0) is 23.5 Å². The van der Waals surface area contributed by atoms with Gasteiger partial charge in [-0.05, 0) is 49.7 Å². The minimum atomic E-state index is -3.75. The fourth-order valence-electron chi connectivity index (χ4n) is 4.84. The maximum atomic E-state index is 13.7. The van der Waals surface area contributed by atoms with Gasteiger partial charge >= 0.3 is 0 Å². The zero-order chi connectivity index (χ0) is 30.5. The summed E-state index contributed by atoms with van der Waals surface area (Å²) in [6.45, 7) is 3.70. The van der Waals surface area contributed by atoms with Crippen molar-refractivity contribution in [3.05, 3.63) is 81.9 Å². The molecule has 0 aliphatic heterocycles. The van der Waals surface area contributed by atoms with E-state index in [9.17, 15) is 22.4 Å². The second-order valence-electron chi connectivity index (χ2n) is 9.92. The molecule has 1 amide bonds. The summed E-state index contributed by atoms with van der Waals surface area (Å²) in [7, 11) is 0.700. The average molecular weight is 593 g/mol. The van der Waals surface area contributed by atoms with Crippen LogP contribution in [0.4, 0.5) is 10.1 Å². The molecule has 2 aromatic carbocycles. The molecule has 3 heterocycles. The number of carbonyl (C=O) groups excluding carboxylic acids is 1. The first kappa shape index (κ1) is 28.8. The van der Waals surface area contributed by atoms with Crippen molar-refractivity contribution in [1.29, 1.82) is 0 Å². The van der Waals surface area contributed by atoms with E-state index < -0.39 is 21.7 Å². The topological polar surface area (TPSA) is 128 Å². The van der Waals surface area contributed by atoms with Gasteiger partial charge in [-0.3, -0.25) is 13.9 Å². The van der Waals surface area contributed by atoms with Crippen molar-refractivity contribution in [3.63, 3.8) is 0 Å². The normalized spacial score (nSPS) is 11.7. The Hall–Kier alpha value is -4.71. The summed E-state index contributed by atoms with van der Waals surface area (Å²) in [5.41, 5.74) is 2.57. The third-order valence-corrected chi connectivity index (χ3v) is 8.35. The average Bonchev–Trinajstić information content (AvgIpc) is 3.52. The predicted molar refractivity (Wildman–Crippen MR) is 159 cm³/mol. The molecule has 0 aliphatic carbocycles. The number of furan rings is 1. The minimum absolute atomic E-state index is 0.152. The van der Waals surface area contributed by atoms with Gasteiger partial charge in [-0.1, -0.05) is 6.92 Å². The number of amides is 1.